The Labute approximate surface area is 170 Å². The lowest BCUT2D eigenvalue weighted by atomic mass is 10.1. The number of hydrogen-bond donors (Lipinski definition) is 2. The van der Waals surface area contributed by atoms with Crippen LogP contribution in [-0.2, 0) is 24.3 Å². The van der Waals surface area contributed by atoms with Crippen molar-refractivity contribution in [2.45, 2.75) is 52.6 Å². The number of amides is 1. The van der Waals surface area contributed by atoms with E-state index in [4.69, 9.17) is 4.52 Å². The lowest BCUT2D eigenvalue weighted by molar-refractivity contribution is -0.131. The lowest BCUT2D eigenvalue weighted by Crippen LogP contribution is -2.41. The summed E-state index contributed by atoms with van der Waals surface area (Å²) in [6.45, 7) is 9.42. The van der Waals surface area contributed by atoms with Crippen LogP contribution in [0.5, 0.6) is 0 Å². The molecule has 0 aliphatic carbocycles. The second-order valence-corrected chi connectivity index (χ2v) is 8.18. The molecular weight excluding hydrogens is 374 g/mol. The zero-order chi connectivity index (χ0) is 19.9. The summed E-state index contributed by atoms with van der Waals surface area (Å²) < 4.78 is 5.33. The van der Waals surface area contributed by atoms with Crippen molar-refractivity contribution < 1.29 is 9.32 Å². The average Bonchev–Trinajstić information content (AvgIpc) is 3.34. The number of nitrogens with one attached hydrogen (secondary N) is 2. The minimum Gasteiger partial charge on any atom is -0.359 e. The zero-order valence-corrected chi connectivity index (χ0v) is 17.6. The summed E-state index contributed by atoms with van der Waals surface area (Å²) in [4.78, 5) is 20.4. The first-order valence-electron chi connectivity index (χ1n) is 9.87. The fourth-order valence-corrected chi connectivity index (χ4v) is 3.97. The summed E-state index contributed by atoms with van der Waals surface area (Å²) in [5, 5.41) is 12.6. The number of nitrogens with zero attached hydrogens (tertiary/aromatic N) is 3. The van der Waals surface area contributed by atoms with Gasteiger partial charge in [0.05, 0.1) is 5.69 Å². The van der Waals surface area contributed by atoms with Crippen molar-refractivity contribution in [2.75, 3.05) is 19.6 Å². The molecular formula is C20H29N5O2S. The standard InChI is InChI=1S/C20H29N5O2S/c1-4-21-20(23-12-16-11-17(14(2)3)24-27-16)22-8-5-19(26)25-9-6-18-15(13-25)7-10-28-18/h7,10-11,14H,4-6,8-9,12-13H2,1-3H3,(H2,21,22,23). The van der Waals surface area contributed by atoms with Gasteiger partial charge < -0.3 is 20.1 Å². The Morgan fingerprint density at radius 1 is 1.43 bits per heavy atom. The summed E-state index contributed by atoms with van der Waals surface area (Å²) in [5.74, 6) is 1.92. The molecule has 2 N–H and O–H groups in total. The number of thiophene rings is 1. The van der Waals surface area contributed by atoms with Crippen molar-refractivity contribution in [3.63, 3.8) is 0 Å². The summed E-state index contributed by atoms with van der Waals surface area (Å²) >= 11 is 1.79. The summed E-state index contributed by atoms with van der Waals surface area (Å²) in [7, 11) is 0. The average molecular weight is 404 g/mol. The monoisotopic (exact) mass is 403 g/mol. The molecule has 0 saturated heterocycles. The number of aliphatic imine (C=N–C) groups is 1. The van der Waals surface area contributed by atoms with Crippen molar-refractivity contribution in [2.24, 2.45) is 4.99 Å². The topological polar surface area (TPSA) is 82.8 Å². The van der Waals surface area contributed by atoms with Gasteiger partial charge in [0, 0.05) is 43.5 Å². The Kier molecular flexibility index (Phi) is 7.08. The molecule has 0 saturated carbocycles. The maximum atomic E-state index is 12.5. The number of fused-ring (bicyclic) bond motifs is 1. The van der Waals surface area contributed by atoms with E-state index in [9.17, 15) is 4.79 Å². The Balaban J connectivity index is 1.47. The third-order valence-corrected chi connectivity index (χ3v) is 5.72. The van der Waals surface area contributed by atoms with Crippen LogP contribution in [0.15, 0.2) is 27.0 Å². The van der Waals surface area contributed by atoms with Gasteiger partial charge in [0.2, 0.25) is 5.91 Å². The number of carbonyl (C=O) groups is 1. The molecule has 0 spiro atoms. The maximum Gasteiger partial charge on any atom is 0.224 e. The van der Waals surface area contributed by atoms with Gasteiger partial charge in [-0.15, -0.1) is 11.3 Å². The number of carbonyl (C=O) groups excluding carboxylic acids is 1. The quantitative estimate of drug-likeness (QED) is 0.549. The third-order valence-electron chi connectivity index (χ3n) is 4.70. The zero-order valence-electron chi connectivity index (χ0n) is 16.8. The predicted octanol–water partition coefficient (Wildman–Crippen LogP) is 2.89. The molecule has 2 aromatic heterocycles. The smallest absolute Gasteiger partial charge is 0.224 e. The number of aromatic nitrogens is 1. The van der Waals surface area contributed by atoms with Crippen LogP contribution in [0.3, 0.4) is 0 Å². The van der Waals surface area contributed by atoms with Crippen molar-refractivity contribution in [3.05, 3.63) is 39.4 Å². The Morgan fingerprint density at radius 3 is 3.04 bits per heavy atom. The molecule has 0 atom stereocenters. The number of rotatable bonds is 7. The van der Waals surface area contributed by atoms with Gasteiger partial charge >= 0.3 is 0 Å². The van der Waals surface area contributed by atoms with Crippen LogP contribution in [-0.4, -0.2) is 41.6 Å². The molecule has 1 amide bonds. The fourth-order valence-electron chi connectivity index (χ4n) is 3.08. The molecule has 0 fully saturated rings. The Hall–Kier alpha value is -2.35. The first kappa shape index (κ1) is 20.4. The SMILES string of the molecule is CCNC(=NCc1cc(C(C)C)no1)NCCC(=O)N1CCc2sccc2C1. The van der Waals surface area contributed by atoms with Gasteiger partial charge in [-0.1, -0.05) is 19.0 Å². The molecule has 1 aliphatic rings. The van der Waals surface area contributed by atoms with Crippen LogP contribution in [0.1, 0.15) is 55.0 Å². The van der Waals surface area contributed by atoms with E-state index in [1.54, 1.807) is 11.3 Å². The first-order chi connectivity index (χ1) is 13.6. The lowest BCUT2D eigenvalue weighted by Gasteiger charge is -2.27. The third kappa shape index (κ3) is 5.34. The molecule has 2 aromatic rings. The molecule has 0 aromatic carbocycles. The highest BCUT2D eigenvalue weighted by atomic mass is 32.1. The van der Waals surface area contributed by atoms with E-state index in [1.807, 2.05) is 17.9 Å². The molecule has 0 unspecified atom stereocenters. The summed E-state index contributed by atoms with van der Waals surface area (Å²) in [6.07, 6.45) is 1.41. The van der Waals surface area contributed by atoms with Crippen LogP contribution >= 0.6 is 11.3 Å². The molecule has 0 bridgehead atoms. The molecule has 28 heavy (non-hydrogen) atoms. The van der Waals surface area contributed by atoms with Gasteiger partial charge in [-0.05, 0) is 36.3 Å². The van der Waals surface area contributed by atoms with Gasteiger partial charge in [-0.3, -0.25) is 4.79 Å². The van der Waals surface area contributed by atoms with Gasteiger partial charge in [0.25, 0.3) is 0 Å². The Morgan fingerprint density at radius 2 is 2.29 bits per heavy atom. The largest absolute Gasteiger partial charge is 0.359 e. The van der Waals surface area contributed by atoms with Crippen molar-refractivity contribution in [1.29, 1.82) is 0 Å². The molecule has 1 aliphatic heterocycles. The number of guanidine groups is 1. The molecule has 3 rings (SSSR count). The van der Waals surface area contributed by atoms with Crippen LogP contribution in [0.4, 0.5) is 0 Å². The molecule has 3 heterocycles. The second kappa shape index (κ2) is 9.73. The van der Waals surface area contributed by atoms with Crippen LogP contribution < -0.4 is 10.6 Å². The van der Waals surface area contributed by atoms with Gasteiger partial charge in [-0.2, -0.15) is 0 Å². The molecule has 7 nitrogen and oxygen atoms in total. The number of hydrogen-bond acceptors (Lipinski definition) is 5. The highest BCUT2D eigenvalue weighted by molar-refractivity contribution is 7.10. The van der Waals surface area contributed by atoms with Gasteiger partial charge in [0.1, 0.15) is 6.54 Å². The minimum atomic E-state index is 0.178. The summed E-state index contributed by atoms with van der Waals surface area (Å²) in [6, 6.07) is 4.07. The van der Waals surface area contributed by atoms with Crippen LogP contribution in [0.25, 0.3) is 0 Å². The van der Waals surface area contributed by atoms with E-state index in [1.165, 1.54) is 10.4 Å². The maximum absolute atomic E-state index is 12.5. The van der Waals surface area contributed by atoms with Gasteiger partial charge in [-0.25, -0.2) is 4.99 Å². The molecule has 8 heteroatoms. The van der Waals surface area contributed by atoms with E-state index in [0.717, 1.165) is 37.5 Å². The normalized spacial score (nSPS) is 14.3. The van der Waals surface area contributed by atoms with E-state index < -0.39 is 0 Å². The second-order valence-electron chi connectivity index (χ2n) is 7.18. The van der Waals surface area contributed by atoms with Crippen molar-refractivity contribution in [3.8, 4) is 0 Å². The predicted molar refractivity (Wildman–Crippen MR) is 111 cm³/mol. The van der Waals surface area contributed by atoms with E-state index >= 15 is 0 Å². The van der Waals surface area contributed by atoms with Crippen molar-refractivity contribution in [1.82, 2.24) is 20.7 Å². The van der Waals surface area contributed by atoms with E-state index in [0.29, 0.717) is 31.4 Å². The summed E-state index contributed by atoms with van der Waals surface area (Å²) in [5.41, 5.74) is 2.23. The first-order valence-corrected chi connectivity index (χ1v) is 10.8. The van der Waals surface area contributed by atoms with Crippen LogP contribution in [0.2, 0.25) is 0 Å². The Bertz CT molecular complexity index is 811. The van der Waals surface area contributed by atoms with Crippen molar-refractivity contribution >= 4 is 23.2 Å². The van der Waals surface area contributed by atoms with Crippen LogP contribution in [0, 0.1) is 0 Å². The van der Waals surface area contributed by atoms with E-state index in [-0.39, 0.29) is 5.91 Å². The van der Waals surface area contributed by atoms with E-state index in [2.05, 4.69) is 46.1 Å². The minimum absolute atomic E-state index is 0.178. The highest BCUT2D eigenvalue weighted by Crippen LogP contribution is 2.24. The fraction of sp³-hybridized carbons (Fsp3) is 0.550. The highest BCUT2D eigenvalue weighted by Gasteiger charge is 2.21. The van der Waals surface area contributed by atoms with Gasteiger partial charge in [0.15, 0.2) is 11.7 Å². The molecule has 152 valence electrons. The molecule has 0 radical (unpaired) electrons.